The number of imide groups is 1. The molecule has 1 aliphatic rings. The minimum atomic E-state index is -4.58. The Balaban J connectivity index is 2.19. The number of alkyl halides is 3. The van der Waals surface area contributed by atoms with E-state index in [1.807, 2.05) is 0 Å². The summed E-state index contributed by atoms with van der Waals surface area (Å²) in [6.45, 7) is 1.54. The van der Waals surface area contributed by atoms with E-state index in [1.54, 1.807) is 19.1 Å². The second-order valence-corrected chi connectivity index (χ2v) is 5.95. The Hall–Kier alpha value is -2.15. The molecule has 0 saturated carbocycles. The summed E-state index contributed by atoms with van der Waals surface area (Å²) < 4.78 is 39.2. The van der Waals surface area contributed by atoms with E-state index >= 15 is 0 Å². The Bertz CT molecular complexity index is 811. The first-order valence-corrected chi connectivity index (χ1v) is 7.36. The smallest absolute Gasteiger partial charge is 0.268 e. The molecule has 0 atom stereocenters. The molecule has 0 aromatic heterocycles. The van der Waals surface area contributed by atoms with Gasteiger partial charge in [-0.05, 0) is 36.8 Å². The minimum absolute atomic E-state index is 0.0714. The van der Waals surface area contributed by atoms with Crippen molar-refractivity contribution in [2.75, 3.05) is 4.90 Å². The zero-order chi connectivity index (χ0) is 16.9. The monoisotopic (exact) mass is 383 g/mol. The van der Waals surface area contributed by atoms with Gasteiger partial charge in [-0.3, -0.25) is 9.59 Å². The number of fused-ring (bicyclic) bond motifs is 1. The molecule has 0 fully saturated rings. The van der Waals surface area contributed by atoms with Gasteiger partial charge in [-0.15, -0.1) is 0 Å². The summed E-state index contributed by atoms with van der Waals surface area (Å²) in [6.07, 6.45) is -4.58. The SMILES string of the molecule is Cc1c(Br)cc(C(F)(F)F)cc1N1C(=O)c2ccccc2C1=O. The van der Waals surface area contributed by atoms with Crippen molar-refractivity contribution in [2.45, 2.75) is 13.1 Å². The molecule has 2 aromatic carbocycles. The van der Waals surface area contributed by atoms with Crippen LogP contribution in [0.1, 0.15) is 31.8 Å². The number of rotatable bonds is 1. The zero-order valence-corrected chi connectivity index (χ0v) is 13.3. The first-order chi connectivity index (χ1) is 10.7. The molecule has 23 heavy (non-hydrogen) atoms. The van der Waals surface area contributed by atoms with Gasteiger partial charge in [0.2, 0.25) is 0 Å². The number of nitrogens with zero attached hydrogens (tertiary/aromatic N) is 1. The largest absolute Gasteiger partial charge is 0.416 e. The lowest BCUT2D eigenvalue weighted by atomic mass is 10.1. The number of hydrogen-bond acceptors (Lipinski definition) is 2. The van der Waals surface area contributed by atoms with Crippen molar-refractivity contribution < 1.29 is 22.8 Å². The zero-order valence-electron chi connectivity index (χ0n) is 11.7. The molecule has 0 spiro atoms. The van der Waals surface area contributed by atoms with Crippen LogP contribution in [0.4, 0.5) is 18.9 Å². The van der Waals surface area contributed by atoms with Gasteiger partial charge in [-0.25, -0.2) is 4.90 Å². The predicted octanol–water partition coefficient (Wildman–Crippen LogP) is 4.58. The van der Waals surface area contributed by atoms with E-state index in [4.69, 9.17) is 0 Å². The molecule has 1 heterocycles. The lowest BCUT2D eigenvalue weighted by Crippen LogP contribution is -2.30. The van der Waals surface area contributed by atoms with Crippen LogP contribution in [0.3, 0.4) is 0 Å². The third-order valence-electron chi connectivity index (χ3n) is 3.68. The molecule has 0 radical (unpaired) electrons. The average molecular weight is 384 g/mol. The number of anilines is 1. The van der Waals surface area contributed by atoms with Gasteiger partial charge in [-0.1, -0.05) is 28.1 Å². The highest BCUT2D eigenvalue weighted by Crippen LogP contribution is 2.39. The highest BCUT2D eigenvalue weighted by molar-refractivity contribution is 9.10. The van der Waals surface area contributed by atoms with Crippen molar-refractivity contribution in [1.82, 2.24) is 0 Å². The molecule has 7 heteroatoms. The second kappa shape index (κ2) is 5.19. The number of carbonyl (C=O) groups is 2. The van der Waals surface area contributed by atoms with Crippen molar-refractivity contribution in [1.29, 1.82) is 0 Å². The van der Waals surface area contributed by atoms with E-state index in [-0.39, 0.29) is 21.3 Å². The van der Waals surface area contributed by atoms with Gasteiger partial charge in [0.1, 0.15) is 0 Å². The first kappa shape index (κ1) is 15.7. The van der Waals surface area contributed by atoms with Crippen LogP contribution in [0.5, 0.6) is 0 Å². The molecular weight excluding hydrogens is 375 g/mol. The standard InChI is InChI=1S/C16H9BrF3NO2/c1-8-12(17)6-9(16(18,19)20)7-13(8)21-14(22)10-4-2-3-5-11(10)15(21)23/h2-7H,1H3. The third kappa shape index (κ3) is 2.45. The van der Waals surface area contributed by atoms with Crippen molar-refractivity contribution in [2.24, 2.45) is 0 Å². The van der Waals surface area contributed by atoms with E-state index in [0.29, 0.717) is 5.56 Å². The molecule has 0 N–H and O–H groups in total. The normalized spacial score (nSPS) is 14.4. The summed E-state index contributed by atoms with van der Waals surface area (Å²) >= 11 is 3.06. The molecule has 2 amide bonds. The predicted molar refractivity (Wildman–Crippen MR) is 81.5 cm³/mol. The van der Waals surface area contributed by atoms with Crippen molar-refractivity contribution in [3.63, 3.8) is 0 Å². The Morgan fingerprint density at radius 2 is 1.52 bits per heavy atom. The maximum Gasteiger partial charge on any atom is 0.416 e. The third-order valence-corrected chi connectivity index (χ3v) is 4.50. The first-order valence-electron chi connectivity index (χ1n) is 6.57. The molecule has 0 saturated heterocycles. The van der Waals surface area contributed by atoms with Gasteiger partial charge < -0.3 is 0 Å². The van der Waals surface area contributed by atoms with E-state index in [0.717, 1.165) is 17.0 Å². The van der Waals surface area contributed by atoms with E-state index < -0.39 is 23.6 Å². The van der Waals surface area contributed by atoms with Gasteiger partial charge in [0.25, 0.3) is 11.8 Å². The van der Waals surface area contributed by atoms with Gasteiger partial charge in [0.05, 0.1) is 22.4 Å². The van der Waals surface area contributed by atoms with Crippen LogP contribution in [-0.4, -0.2) is 11.8 Å². The number of amides is 2. The highest BCUT2D eigenvalue weighted by atomic mass is 79.9. The molecule has 2 aromatic rings. The fourth-order valence-electron chi connectivity index (χ4n) is 2.47. The molecule has 1 aliphatic heterocycles. The highest BCUT2D eigenvalue weighted by Gasteiger charge is 2.39. The van der Waals surface area contributed by atoms with Gasteiger partial charge in [-0.2, -0.15) is 13.2 Å². The van der Waals surface area contributed by atoms with Crippen molar-refractivity contribution in [3.8, 4) is 0 Å². The summed E-state index contributed by atoms with van der Waals surface area (Å²) in [5.41, 5.74) is -0.247. The summed E-state index contributed by atoms with van der Waals surface area (Å²) in [4.78, 5) is 25.7. The summed E-state index contributed by atoms with van der Waals surface area (Å²) in [7, 11) is 0. The molecule has 0 bridgehead atoms. The van der Waals surface area contributed by atoms with Crippen LogP contribution < -0.4 is 4.90 Å². The quantitative estimate of drug-likeness (QED) is 0.676. The second-order valence-electron chi connectivity index (χ2n) is 5.09. The van der Waals surface area contributed by atoms with Gasteiger partial charge in [0.15, 0.2) is 0 Å². The fraction of sp³-hybridized carbons (Fsp3) is 0.125. The summed E-state index contributed by atoms with van der Waals surface area (Å²) in [5, 5.41) is 0. The average Bonchev–Trinajstić information content (AvgIpc) is 2.73. The minimum Gasteiger partial charge on any atom is -0.268 e. The van der Waals surface area contributed by atoms with E-state index in [9.17, 15) is 22.8 Å². The lowest BCUT2D eigenvalue weighted by Gasteiger charge is -2.20. The number of carbonyl (C=O) groups excluding carboxylic acids is 2. The topological polar surface area (TPSA) is 37.4 Å². The summed E-state index contributed by atoms with van der Waals surface area (Å²) in [6, 6.07) is 7.91. The molecule has 3 nitrogen and oxygen atoms in total. The Morgan fingerprint density at radius 3 is 2.00 bits per heavy atom. The molecule has 0 unspecified atom stereocenters. The molecular formula is C16H9BrF3NO2. The number of benzene rings is 2. The number of hydrogen-bond donors (Lipinski definition) is 0. The van der Waals surface area contributed by atoms with Crippen molar-refractivity contribution in [3.05, 3.63) is 63.1 Å². The van der Waals surface area contributed by atoms with Crippen LogP contribution in [0.15, 0.2) is 40.9 Å². The molecule has 118 valence electrons. The Kier molecular flexibility index (Phi) is 3.55. The number of halogens is 4. The maximum atomic E-state index is 13.0. The van der Waals surface area contributed by atoms with Crippen LogP contribution in [0.2, 0.25) is 0 Å². The van der Waals surface area contributed by atoms with Crippen LogP contribution in [-0.2, 0) is 6.18 Å². The van der Waals surface area contributed by atoms with Gasteiger partial charge in [0, 0.05) is 4.47 Å². The Labute approximate surface area is 137 Å². The fourth-order valence-corrected chi connectivity index (χ4v) is 2.92. The van der Waals surface area contributed by atoms with E-state index in [1.165, 1.54) is 12.1 Å². The Morgan fingerprint density at radius 1 is 1.00 bits per heavy atom. The van der Waals surface area contributed by atoms with Crippen LogP contribution >= 0.6 is 15.9 Å². The summed E-state index contributed by atoms with van der Waals surface area (Å²) in [5.74, 6) is -1.25. The van der Waals surface area contributed by atoms with Crippen molar-refractivity contribution >= 4 is 33.4 Å². The van der Waals surface area contributed by atoms with Crippen LogP contribution in [0.25, 0.3) is 0 Å². The lowest BCUT2D eigenvalue weighted by molar-refractivity contribution is -0.137. The molecule has 3 rings (SSSR count). The van der Waals surface area contributed by atoms with Crippen LogP contribution in [0, 0.1) is 6.92 Å². The van der Waals surface area contributed by atoms with Gasteiger partial charge >= 0.3 is 6.18 Å². The molecule has 0 aliphatic carbocycles. The maximum absolute atomic E-state index is 13.0. The van der Waals surface area contributed by atoms with E-state index in [2.05, 4.69) is 15.9 Å².